The van der Waals surface area contributed by atoms with Gasteiger partial charge in [-0.2, -0.15) is 0 Å². The summed E-state index contributed by atoms with van der Waals surface area (Å²) in [6.45, 7) is 1.03. The first-order valence-corrected chi connectivity index (χ1v) is 12.2. The second-order valence-corrected chi connectivity index (χ2v) is 10.1. The summed E-state index contributed by atoms with van der Waals surface area (Å²) < 4.78 is 0. The van der Waals surface area contributed by atoms with E-state index in [2.05, 4.69) is 42.5 Å². The van der Waals surface area contributed by atoms with Crippen LogP contribution in [0.25, 0.3) is 0 Å². The number of carbonyl (C=O) groups excluding carboxylic acids is 1. The lowest BCUT2D eigenvalue weighted by Crippen LogP contribution is -2.61. The van der Waals surface area contributed by atoms with Crippen molar-refractivity contribution < 1.29 is 9.90 Å². The molecule has 2 saturated carbocycles. The number of amides is 2. The van der Waals surface area contributed by atoms with Crippen molar-refractivity contribution in [3.63, 3.8) is 0 Å². The van der Waals surface area contributed by atoms with Gasteiger partial charge >= 0.3 is 6.03 Å². The van der Waals surface area contributed by atoms with Gasteiger partial charge in [-0.15, -0.1) is 0 Å². The lowest BCUT2D eigenvalue weighted by atomic mass is 9.71. The standard InChI is InChI=1S/C27H35N3O2/c28-24-27(17-12-23(13-18-27)22-10-5-2-6-11-22)30(20-26(32)15-7-16-26)25(31)29(24)19-14-21-8-3-1-4-9-21/h1-6,8-11,23-24,32H,7,12-20,28H2. The zero-order chi connectivity index (χ0) is 22.2. The van der Waals surface area contributed by atoms with Crippen molar-refractivity contribution >= 4 is 6.03 Å². The molecular weight excluding hydrogens is 398 g/mol. The van der Waals surface area contributed by atoms with E-state index >= 15 is 0 Å². The van der Waals surface area contributed by atoms with Gasteiger partial charge in [-0.1, -0.05) is 60.7 Å². The second kappa shape index (κ2) is 8.53. The molecule has 1 aliphatic heterocycles. The number of aliphatic hydroxyl groups is 1. The minimum atomic E-state index is -0.742. The van der Waals surface area contributed by atoms with Gasteiger partial charge in [0.1, 0.15) is 6.17 Å². The molecule has 0 aromatic heterocycles. The fraction of sp³-hybridized carbons (Fsp3) is 0.519. The smallest absolute Gasteiger partial charge is 0.322 e. The molecule has 2 amide bonds. The highest BCUT2D eigenvalue weighted by atomic mass is 16.3. The Bertz CT molecular complexity index is 920. The molecule has 1 unspecified atom stereocenters. The van der Waals surface area contributed by atoms with Crippen LogP contribution in [0.1, 0.15) is 62.0 Å². The normalized spacial score (nSPS) is 29.4. The van der Waals surface area contributed by atoms with Gasteiger partial charge in [0.2, 0.25) is 0 Å². The average Bonchev–Trinajstić information content (AvgIpc) is 2.99. The highest BCUT2D eigenvalue weighted by Crippen LogP contribution is 2.48. The van der Waals surface area contributed by atoms with Gasteiger partial charge in [0.05, 0.1) is 17.7 Å². The number of benzene rings is 2. The van der Waals surface area contributed by atoms with E-state index in [1.165, 1.54) is 11.1 Å². The van der Waals surface area contributed by atoms with E-state index < -0.39 is 5.60 Å². The molecule has 2 aliphatic carbocycles. The summed E-state index contributed by atoms with van der Waals surface area (Å²) >= 11 is 0. The number of carbonyl (C=O) groups is 1. The summed E-state index contributed by atoms with van der Waals surface area (Å²) in [5, 5.41) is 11.0. The molecule has 5 heteroatoms. The quantitative estimate of drug-likeness (QED) is 0.715. The Kier molecular flexibility index (Phi) is 5.72. The summed E-state index contributed by atoms with van der Waals surface area (Å²) in [6.07, 6.45) is 6.86. The minimum absolute atomic E-state index is 0.00640. The van der Waals surface area contributed by atoms with E-state index in [0.29, 0.717) is 19.0 Å². The first-order valence-electron chi connectivity index (χ1n) is 12.2. The van der Waals surface area contributed by atoms with Gasteiger partial charge in [-0.3, -0.25) is 0 Å². The molecule has 3 fully saturated rings. The molecular formula is C27H35N3O2. The Morgan fingerprint density at radius 3 is 2.16 bits per heavy atom. The van der Waals surface area contributed by atoms with Crippen LogP contribution in [0.4, 0.5) is 4.79 Å². The van der Waals surface area contributed by atoms with Crippen LogP contribution < -0.4 is 5.73 Å². The van der Waals surface area contributed by atoms with Crippen LogP contribution in [-0.4, -0.2) is 51.3 Å². The van der Waals surface area contributed by atoms with Gasteiger partial charge < -0.3 is 20.6 Å². The third-order valence-electron chi connectivity index (χ3n) is 8.24. The molecule has 3 N–H and O–H groups in total. The van der Waals surface area contributed by atoms with Gasteiger partial charge in [0, 0.05) is 6.54 Å². The molecule has 1 spiro atoms. The molecule has 2 aromatic rings. The Hall–Kier alpha value is -2.37. The molecule has 2 aromatic carbocycles. The summed E-state index contributed by atoms with van der Waals surface area (Å²) in [5.74, 6) is 0.510. The highest BCUT2D eigenvalue weighted by Gasteiger charge is 2.58. The van der Waals surface area contributed by atoms with Gasteiger partial charge in [-0.25, -0.2) is 4.79 Å². The van der Waals surface area contributed by atoms with Crippen molar-refractivity contribution in [2.75, 3.05) is 13.1 Å². The monoisotopic (exact) mass is 433 g/mol. The minimum Gasteiger partial charge on any atom is -0.388 e. The summed E-state index contributed by atoms with van der Waals surface area (Å²) in [7, 11) is 0. The van der Waals surface area contributed by atoms with E-state index in [1.807, 2.05) is 28.0 Å². The molecule has 32 heavy (non-hydrogen) atoms. The maximum absolute atomic E-state index is 13.6. The SMILES string of the molecule is NC1N(CCc2ccccc2)C(=O)N(CC2(O)CCC2)C12CCC(c1ccccc1)CC2. The predicted octanol–water partition coefficient (Wildman–Crippen LogP) is 4.26. The van der Waals surface area contributed by atoms with Crippen molar-refractivity contribution in [1.82, 2.24) is 9.80 Å². The fourth-order valence-electron chi connectivity index (χ4n) is 6.05. The molecule has 1 heterocycles. The molecule has 1 saturated heterocycles. The second-order valence-electron chi connectivity index (χ2n) is 10.1. The van der Waals surface area contributed by atoms with Crippen molar-refractivity contribution in [1.29, 1.82) is 0 Å². The first-order chi connectivity index (χ1) is 15.5. The number of β-amino-alcohol motifs (C(OH)–C–C–N with tert-alkyl or cyclic N) is 1. The molecule has 170 valence electrons. The van der Waals surface area contributed by atoms with Gasteiger partial charge in [-0.05, 0) is 68.4 Å². The maximum Gasteiger partial charge on any atom is 0.322 e. The molecule has 0 bridgehead atoms. The van der Waals surface area contributed by atoms with E-state index in [-0.39, 0.29) is 17.7 Å². The Morgan fingerprint density at radius 2 is 1.56 bits per heavy atom. The molecule has 5 nitrogen and oxygen atoms in total. The van der Waals surface area contributed by atoms with E-state index in [4.69, 9.17) is 5.73 Å². The number of nitrogens with two attached hydrogens (primary N) is 1. The fourth-order valence-corrected chi connectivity index (χ4v) is 6.05. The van der Waals surface area contributed by atoms with Crippen molar-refractivity contribution in [3.8, 4) is 0 Å². The number of rotatable bonds is 6. The van der Waals surface area contributed by atoms with Crippen molar-refractivity contribution in [2.24, 2.45) is 5.73 Å². The van der Waals surface area contributed by atoms with Crippen LogP contribution in [0.3, 0.4) is 0 Å². The van der Waals surface area contributed by atoms with Crippen LogP contribution in [0.2, 0.25) is 0 Å². The van der Waals surface area contributed by atoms with Crippen LogP contribution >= 0.6 is 0 Å². The van der Waals surface area contributed by atoms with E-state index in [0.717, 1.165) is 51.4 Å². The van der Waals surface area contributed by atoms with Gasteiger partial charge in [0.25, 0.3) is 0 Å². The number of nitrogens with zero attached hydrogens (tertiary/aromatic N) is 2. The summed E-state index contributed by atoms with van der Waals surface area (Å²) in [5.41, 5.74) is 8.34. The summed E-state index contributed by atoms with van der Waals surface area (Å²) in [4.78, 5) is 17.5. The molecule has 1 atom stereocenters. The topological polar surface area (TPSA) is 69.8 Å². The first kappa shape index (κ1) is 21.5. The van der Waals surface area contributed by atoms with Crippen molar-refractivity contribution in [3.05, 3.63) is 71.8 Å². The number of hydrogen-bond donors (Lipinski definition) is 2. The lowest BCUT2D eigenvalue weighted by molar-refractivity contribution is -0.0700. The zero-order valence-electron chi connectivity index (χ0n) is 18.8. The summed E-state index contributed by atoms with van der Waals surface area (Å²) in [6, 6.07) is 21.0. The van der Waals surface area contributed by atoms with Crippen LogP contribution in [-0.2, 0) is 6.42 Å². The van der Waals surface area contributed by atoms with Crippen molar-refractivity contribution in [2.45, 2.75) is 74.6 Å². The largest absolute Gasteiger partial charge is 0.388 e. The third-order valence-corrected chi connectivity index (χ3v) is 8.24. The van der Waals surface area contributed by atoms with Crippen LogP contribution in [0.5, 0.6) is 0 Å². The Morgan fingerprint density at radius 1 is 0.938 bits per heavy atom. The van der Waals surface area contributed by atoms with E-state index in [9.17, 15) is 9.90 Å². The van der Waals surface area contributed by atoms with Crippen LogP contribution in [0.15, 0.2) is 60.7 Å². The Labute approximate surface area is 191 Å². The highest BCUT2D eigenvalue weighted by molar-refractivity contribution is 5.79. The Balaban J connectivity index is 1.36. The van der Waals surface area contributed by atoms with Gasteiger partial charge in [0.15, 0.2) is 0 Å². The predicted molar refractivity (Wildman–Crippen MR) is 126 cm³/mol. The number of urea groups is 1. The average molecular weight is 434 g/mol. The zero-order valence-corrected chi connectivity index (χ0v) is 18.8. The number of hydrogen-bond acceptors (Lipinski definition) is 3. The third kappa shape index (κ3) is 3.82. The molecule has 5 rings (SSSR count). The molecule has 3 aliphatic rings. The van der Waals surface area contributed by atoms with Crippen LogP contribution in [0, 0.1) is 0 Å². The molecule has 0 radical (unpaired) electrons. The van der Waals surface area contributed by atoms with E-state index in [1.54, 1.807) is 0 Å². The lowest BCUT2D eigenvalue weighted by Gasteiger charge is -2.49. The maximum atomic E-state index is 13.6.